The molecule has 3 rings (SSSR count). The van der Waals surface area contributed by atoms with Crippen molar-refractivity contribution in [3.05, 3.63) is 59.7 Å². The molecule has 2 aromatic rings. The Hall–Kier alpha value is -3.35. The van der Waals surface area contributed by atoms with Crippen LogP contribution in [0.5, 0.6) is 0 Å². The third-order valence-electron chi connectivity index (χ3n) is 6.74. The van der Waals surface area contributed by atoms with Gasteiger partial charge in [0.15, 0.2) is 0 Å². The number of amides is 2. The first-order valence-corrected chi connectivity index (χ1v) is 12.5. The van der Waals surface area contributed by atoms with Gasteiger partial charge in [-0.15, -0.1) is 0 Å². The molecular weight excluding hydrogens is 444 g/mol. The van der Waals surface area contributed by atoms with Crippen molar-refractivity contribution in [3.63, 3.8) is 0 Å². The van der Waals surface area contributed by atoms with Crippen LogP contribution in [0.3, 0.4) is 0 Å². The Bertz CT molecular complexity index is 976. The van der Waals surface area contributed by atoms with E-state index in [-0.39, 0.29) is 36.7 Å². The number of nitrogens with one attached hydrogen (secondary N) is 2. The van der Waals surface area contributed by atoms with Gasteiger partial charge >= 0.3 is 12.1 Å². The van der Waals surface area contributed by atoms with Crippen LogP contribution in [0.1, 0.15) is 63.0 Å². The van der Waals surface area contributed by atoms with Crippen LogP contribution in [0.4, 0.5) is 4.79 Å². The molecule has 188 valence electrons. The van der Waals surface area contributed by atoms with Crippen LogP contribution < -0.4 is 10.6 Å². The van der Waals surface area contributed by atoms with Crippen LogP contribution in [0.2, 0.25) is 0 Å². The van der Waals surface area contributed by atoms with Gasteiger partial charge in [-0.3, -0.25) is 9.59 Å². The Kier molecular flexibility index (Phi) is 9.70. The van der Waals surface area contributed by atoms with E-state index < -0.39 is 12.1 Å². The van der Waals surface area contributed by atoms with Gasteiger partial charge in [0.25, 0.3) is 0 Å². The zero-order valence-corrected chi connectivity index (χ0v) is 20.6. The van der Waals surface area contributed by atoms with E-state index >= 15 is 0 Å². The lowest BCUT2D eigenvalue weighted by Gasteiger charge is -2.16. The maximum atomic E-state index is 12.3. The van der Waals surface area contributed by atoms with Crippen LogP contribution >= 0.6 is 0 Å². The molecule has 0 spiro atoms. The van der Waals surface area contributed by atoms with Crippen molar-refractivity contribution < 1.29 is 24.2 Å². The first-order valence-electron chi connectivity index (χ1n) is 12.5. The highest BCUT2D eigenvalue weighted by Crippen LogP contribution is 2.44. The Labute approximate surface area is 207 Å². The molecule has 0 saturated carbocycles. The molecule has 0 aliphatic heterocycles. The average molecular weight is 481 g/mol. The Balaban J connectivity index is 1.34. The predicted molar refractivity (Wildman–Crippen MR) is 135 cm³/mol. The zero-order chi connectivity index (χ0) is 25.2. The molecule has 0 aromatic heterocycles. The van der Waals surface area contributed by atoms with Crippen LogP contribution in [0, 0.1) is 11.8 Å². The zero-order valence-electron chi connectivity index (χ0n) is 20.6. The summed E-state index contributed by atoms with van der Waals surface area (Å²) < 4.78 is 5.56. The molecule has 35 heavy (non-hydrogen) atoms. The van der Waals surface area contributed by atoms with Crippen molar-refractivity contribution in [3.8, 4) is 11.1 Å². The highest BCUT2D eigenvalue weighted by atomic mass is 16.5. The summed E-state index contributed by atoms with van der Waals surface area (Å²) in [6.07, 6.45) is 2.18. The van der Waals surface area contributed by atoms with Gasteiger partial charge < -0.3 is 20.5 Å². The molecule has 0 radical (unpaired) electrons. The third kappa shape index (κ3) is 7.57. The van der Waals surface area contributed by atoms with Crippen molar-refractivity contribution in [1.82, 2.24) is 10.6 Å². The fourth-order valence-electron chi connectivity index (χ4n) is 4.55. The fraction of sp³-hybridized carbons (Fsp3) is 0.464. The Morgan fingerprint density at radius 1 is 0.971 bits per heavy atom. The lowest BCUT2D eigenvalue weighted by molar-refractivity contribution is -0.138. The monoisotopic (exact) mass is 480 g/mol. The van der Waals surface area contributed by atoms with Crippen LogP contribution in [0.25, 0.3) is 11.1 Å². The number of carbonyl (C=O) groups excluding carboxylic acids is 2. The summed E-state index contributed by atoms with van der Waals surface area (Å²) in [6, 6.07) is 16.5. The normalized spacial score (nSPS) is 13.9. The minimum atomic E-state index is -0.844. The fourth-order valence-corrected chi connectivity index (χ4v) is 4.55. The average Bonchev–Trinajstić information content (AvgIpc) is 3.17. The van der Waals surface area contributed by atoms with Crippen molar-refractivity contribution in [1.29, 1.82) is 0 Å². The number of hydrogen-bond donors (Lipinski definition) is 3. The van der Waals surface area contributed by atoms with Gasteiger partial charge in [-0.05, 0) is 46.9 Å². The maximum absolute atomic E-state index is 12.3. The number of fused-ring (bicyclic) bond motifs is 3. The number of aliphatic carboxylic acids is 1. The number of carbonyl (C=O) groups is 3. The number of ether oxygens (including phenoxy) is 1. The quantitative estimate of drug-likeness (QED) is 0.376. The third-order valence-corrected chi connectivity index (χ3v) is 6.74. The predicted octanol–water partition coefficient (Wildman–Crippen LogP) is 4.95. The van der Waals surface area contributed by atoms with Crippen molar-refractivity contribution in [2.24, 2.45) is 11.8 Å². The number of benzene rings is 2. The summed E-state index contributed by atoms with van der Waals surface area (Å²) in [5.41, 5.74) is 4.76. The van der Waals surface area contributed by atoms with E-state index in [1.807, 2.05) is 38.1 Å². The molecule has 0 fully saturated rings. The number of hydrogen-bond acceptors (Lipinski definition) is 4. The van der Waals surface area contributed by atoms with Gasteiger partial charge in [-0.1, -0.05) is 68.8 Å². The molecule has 2 aromatic carbocycles. The molecular formula is C28H36N2O5. The van der Waals surface area contributed by atoms with Crippen LogP contribution in [-0.4, -0.2) is 42.8 Å². The van der Waals surface area contributed by atoms with Crippen molar-refractivity contribution in [2.45, 2.75) is 51.9 Å². The van der Waals surface area contributed by atoms with Crippen molar-refractivity contribution >= 4 is 18.0 Å². The number of alkyl carbamates (subject to hydrolysis) is 1. The molecule has 2 unspecified atom stereocenters. The summed E-state index contributed by atoms with van der Waals surface area (Å²) in [7, 11) is 0. The van der Waals surface area contributed by atoms with E-state index in [0.717, 1.165) is 6.42 Å². The topological polar surface area (TPSA) is 105 Å². The molecule has 1 aliphatic rings. The lowest BCUT2D eigenvalue weighted by Crippen LogP contribution is -2.30. The van der Waals surface area contributed by atoms with Crippen LogP contribution in [0.15, 0.2) is 48.5 Å². The first kappa shape index (κ1) is 26.3. The van der Waals surface area contributed by atoms with Gasteiger partial charge in [-0.25, -0.2) is 4.79 Å². The lowest BCUT2D eigenvalue weighted by atomic mass is 9.98. The summed E-state index contributed by atoms with van der Waals surface area (Å²) in [4.78, 5) is 35.2. The highest BCUT2D eigenvalue weighted by molar-refractivity contribution is 5.79. The molecule has 1 aliphatic carbocycles. The second-order valence-corrected chi connectivity index (χ2v) is 9.36. The minimum absolute atomic E-state index is 0.0355. The van der Waals surface area contributed by atoms with Gasteiger partial charge in [0, 0.05) is 31.8 Å². The SMILES string of the molecule is CCC(CNC(=O)CCC(C)CCNC(=O)OCC1c2ccccc2-c2ccccc21)CC(=O)O. The maximum Gasteiger partial charge on any atom is 0.407 e. The molecule has 0 saturated heterocycles. The van der Waals surface area contributed by atoms with E-state index in [9.17, 15) is 14.4 Å². The summed E-state index contributed by atoms with van der Waals surface area (Å²) >= 11 is 0. The second-order valence-electron chi connectivity index (χ2n) is 9.36. The Morgan fingerprint density at radius 2 is 1.60 bits per heavy atom. The standard InChI is InChI=1S/C28H36N2O5/c1-3-20(16-27(32)33)17-30-26(31)13-12-19(2)14-15-29-28(34)35-18-25-23-10-6-4-8-21(23)22-9-5-7-11-24(22)25/h4-11,19-20,25H,3,12-18H2,1-2H3,(H,29,34)(H,30,31)(H,32,33). The second kappa shape index (κ2) is 12.9. The summed E-state index contributed by atoms with van der Waals surface area (Å²) in [5, 5.41) is 14.5. The van der Waals surface area contributed by atoms with Gasteiger partial charge in [0.1, 0.15) is 6.61 Å². The molecule has 2 amide bonds. The Morgan fingerprint density at radius 3 is 2.20 bits per heavy atom. The number of rotatable bonds is 13. The van der Waals surface area contributed by atoms with Gasteiger partial charge in [0.05, 0.1) is 0 Å². The highest BCUT2D eigenvalue weighted by Gasteiger charge is 2.29. The molecule has 7 heteroatoms. The first-order chi connectivity index (χ1) is 16.9. The van der Waals surface area contributed by atoms with E-state index in [2.05, 4.69) is 34.9 Å². The van der Waals surface area contributed by atoms with E-state index in [0.29, 0.717) is 32.4 Å². The number of carboxylic acid groups (broad SMARTS) is 1. The summed E-state index contributed by atoms with van der Waals surface area (Å²) in [6.45, 7) is 5.13. The summed E-state index contributed by atoms with van der Waals surface area (Å²) in [5.74, 6) is -0.659. The number of carboxylic acids is 1. The van der Waals surface area contributed by atoms with Gasteiger partial charge in [-0.2, -0.15) is 0 Å². The van der Waals surface area contributed by atoms with Crippen molar-refractivity contribution in [2.75, 3.05) is 19.7 Å². The van der Waals surface area contributed by atoms with E-state index in [1.54, 1.807) is 0 Å². The molecule has 0 heterocycles. The largest absolute Gasteiger partial charge is 0.481 e. The smallest absolute Gasteiger partial charge is 0.407 e. The van der Waals surface area contributed by atoms with Crippen LogP contribution in [-0.2, 0) is 14.3 Å². The minimum Gasteiger partial charge on any atom is -0.481 e. The van der Waals surface area contributed by atoms with Gasteiger partial charge in [0.2, 0.25) is 5.91 Å². The molecule has 0 bridgehead atoms. The molecule has 3 N–H and O–H groups in total. The molecule has 2 atom stereocenters. The molecule has 7 nitrogen and oxygen atoms in total. The van der Waals surface area contributed by atoms with E-state index in [4.69, 9.17) is 9.84 Å². The van der Waals surface area contributed by atoms with E-state index in [1.165, 1.54) is 22.3 Å².